The normalized spacial score (nSPS) is 11.8. The molecule has 1 aromatic carbocycles. The second-order valence-corrected chi connectivity index (χ2v) is 6.00. The first-order valence-electron chi connectivity index (χ1n) is 6.39. The Labute approximate surface area is 132 Å². The number of aryl methyl sites for hydroxylation is 1. The van der Waals surface area contributed by atoms with Crippen LogP contribution in [0.2, 0.25) is 5.02 Å². The lowest BCUT2D eigenvalue weighted by atomic mass is 10.2. The molecule has 0 spiro atoms. The number of benzene rings is 1. The lowest BCUT2D eigenvalue weighted by Crippen LogP contribution is -2.41. The van der Waals surface area contributed by atoms with Gasteiger partial charge in [-0.1, -0.05) is 23.7 Å². The van der Waals surface area contributed by atoms with Crippen LogP contribution in [-0.2, 0) is 4.79 Å². The van der Waals surface area contributed by atoms with E-state index in [1.165, 1.54) is 11.3 Å². The molecule has 1 atom stereocenters. The van der Waals surface area contributed by atoms with E-state index in [4.69, 9.17) is 11.6 Å². The van der Waals surface area contributed by atoms with Crippen molar-refractivity contribution in [2.45, 2.75) is 19.9 Å². The maximum Gasteiger partial charge on any atom is 0.261 e. The van der Waals surface area contributed by atoms with Crippen molar-refractivity contribution in [3.05, 3.63) is 51.2 Å². The Bertz CT molecular complexity index is 656. The first kappa shape index (κ1) is 15.5. The van der Waals surface area contributed by atoms with Crippen LogP contribution in [-0.4, -0.2) is 17.9 Å². The molecular weight excluding hydrogens is 308 g/mol. The molecule has 4 nitrogen and oxygen atoms in total. The predicted octanol–water partition coefficient (Wildman–Crippen LogP) is 3.47. The largest absolute Gasteiger partial charge is 0.340 e. The van der Waals surface area contributed by atoms with E-state index in [0.717, 1.165) is 5.56 Å². The van der Waals surface area contributed by atoms with E-state index in [9.17, 15) is 9.59 Å². The summed E-state index contributed by atoms with van der Waals surface area (Å²) in [6, 6.07) is 8.21. The van der Waals surface area contributed by atoms with Crippen LogP contribution in [0.25, 0.3) is 0 Å². The fourth-order valence-electron chi connectivity index (χ4n) is 1.70. The molecule has 2 N–H and O–H groups in total. The van der Waals surface area contributed by atoms with Gasteiger partial charge in [-0.05, 0) is 43.0 Å². The predicted molar refractivity (Wildman–Crippen MR) is 86.1 cm³/mol. The van der Waals surface area contributed by atoms with Gasteiger partial charge in [0.2, 0.25) is 5.91 Å². The maximum absolute atomic E-state index is 12.1. The number of carbonyl (C=O) groups is 2. The Morgan fingerprint density at radius 2 is 2.05 bits per heavy atom. The van der Waals surface area contributed by atoms with Crippen LogP contribution < -0.4 is 10.6 Å². The molecule has 0 aliphatic heterocycles. The average Bonchev–Trinajstić information content (AvgIpc) is 2.95. The third-order valence-electron chi connectivity index (χ3n) is 2.87. The smallest absolute Gasteiger partial charge is 0.261 e. The quantitative estimate of drug-likeness (QED) is 0.905. The van der Waals surface area contributed by atoms with E-state index in [-0.39, 0.29) is 11.8 Å². The van der Waals surface area contributed by atoms with Crippen molar-refractivity contribution in [2.24, 2.45) is 0 Å². The summed E-state index contributed by atoms with van der Waals surface area (Å²) < 4.78 is 0. The Balaban J connectivity index is 1.98. The summed E-state index contributed by atoms with van der Waals surface area (Å²) in [4.78, 5) is 24.5. The van der Waals surface area contributed by atoms with Crippen LogP contribution in [0, 0.1) is 6.92 Å². The van der Waals surface area contributed by atoms with Crippen molar-refractivity contribution in [1.82, 2.24) is 5.32 Å². The number of hydrogen-bond donors (Lipinski definition) is 2. The summed E-state index contributed by atoms with van der Waals surface area (Å²) in [7, 11) is 0. The highest BCUT2D eigenvalue weighted by molar-refractivity contribution is 7.12. The molecule has 1 unspecified atom stereocenters. The number of hydrogen-bond acceptors (Lipinski definition) is 3. The van der Waals surface area contributed by atoms with Gasteiger partial charge >= 0.3 is 0 Å². The summed E-state index contributed by atoms with van der Waals surface area (Å²) in [5, 5.41) is 7.64. The SMILES string of the molecule is Cc1ccc(NC(=O)C(C)NC(=O)c2cccs2)c(Cl)c1. The molecule has 1 heterocycles. The van der Waals surface area contributed by atoms with Crippen molar-refractivity contribution < 1.29 is 9.59 Å². The molecule has 1 aromatic heterocycles. The molecule has 21 heavy (non-hydrogen) atoms. The Morgan fingerprint density at radius 3 is 2.67 bits per heavy atom. The lowest BCUT2D eigenvalue weighted by Gasteiger charge is -2.14. The van der Waals surface area contributed by atoms with Crippen molar-refractivity contribution in [3.63, 3.8) is 0 Å². The minimum absolute atomic E-state index is 0.261. The van der Waals surface area contributed by atoms with Gasteiger partial charge < -0.3 is 10.6 Å². The van der Waals surface area contributed by atoms with Gasteiger partial charge in [-0.3, -0.25) is 9.59 Å². The molecule has 0 saturated carbocycles. The molecule has 2 amide bonds. The third-order valence-corrected chi connectivity index (χ3v) is 4.05. The Kier molecular flexibility index (Phi) is 4.98. The maximum atomic E-state index is 12.1. The first-order chi connectivity index (χ1) is 9.97. The van der Waals surface area contributed by atoms with Crippen LogP contribution in [0.15, 0.2) is 35.7 Å². The van der Waals surface area contributed by atoms with Gasteiger partial charge in [-0.25, -0.2) is 0 Å². The molecule has 6 heteroatoms. The van der Waals surface area contributed by atoms with Gasteiger partial charge in [0.05, 0.1) is 15.6 Å². The summed E-state index contributed by atoms with van der Waals surface area (Å²) in [5.41, 5.74) is 1.54. The second-order valence-electron chi connectivity index (χ2n) is 4.65. The number of halogens is 1. The van der Waals surface area contributed by atoms with Crippen molar-refractivity contribution in [2.75, 3.05) is 5.32 Å². The highest BCUT2D eigenvalue weighted by Gasteiger charge is 2.18. The number of nitrogens with one attached hydrogen (secondary N) is 2. The van der Waals surface area contributed by atoms with Gasteiger partial charge in [0.15, 0.2) is 0 Å². The minimum atomic E-state index is -0.656. The van der Waals surface area contributed by atoms with Crippen LogP contribution in [0.1, 0.15) is 22.2 Å². The van der Waals surface area contributed by atoms with Crippen LogP contribution in [0.5, 0.6) is 0 Å². The standard InChI is InChI=1S/C15H15ClN2O2S/c1-9-5-6-12(11(16)8-9)18-14(19)10(2)17-15(20)13-4-3-7-21-13/h3-8,10H,1-2H3,(H,17,20)(H,18,19). The Morgan fingerprint density at radius 1 is 1.29 bits per heavy atom. The fraction of sp³-hybridized carbons (Fsp3) is 0.200. The van der Waals surface area contributed by atoms with Crippen molar-refractivity contribution in [1.29, 1.82) is 0 Å². The topological polar surface area (TPSA) is 58.2 Å². The summed E-state index contributed by atoms with van der Waals surface area (Å²) in [6.07, 6.45) is 0. The second kappa shape index (κ2) is 6.74. The molecule has 0 saturated heterocycles. The number of thiophene rings is 1. The molecule has 0 bridgehead atoms. The van der Waals surface area contributed by atoms with Gasteiger partial charge in [-0.2, -0.15) is 0 Å². The average molecular weight is 323 g/mol. The number of amides is 2. The highest BCUT2D eigenvalue weighted by atomic mass is 35.5. The summed E-state index contributed by atoms with van der Waals surface area (Å²) in [5.74, 6) is -0.576. The molecule has 110 valence electrons. The van der Waals surface area contributed by atoms with E-state index >= 15 is 0 Å². The van der Waals surface area contributed by atoms with Gasteiger partial charge in [0, 0.05) is 0 Å². The monoisotopic (exact) mass is 322 g/mol. The number of rotatable bonds is 4. The molecular formula is C15H15ClN2O2S. The first-order valence-corrected chi connectivity index (χ1v) is 7.64. The molecule has 0 aliphatic rings. The molecule has 0 fully saturated rings. The molecule has 2 aromatic rings. The van der Waals surface area contributed by atoms with E-state index in [1.807, 2.05) is 18.4 Å². The zero-order chi connectivity index (χ0) is 15.4. The van der Waals surface area contributed by atoms with Crippen molar-refractivity contribution >= 4 is 40.4 Å². The summed E-state index contributed by atoms with van der Waals surface area (Å²) in [6.45, 7) is 3.55. The van der Waals surface area contributed by atoms with E-state index in [1.54, 1.807) is 31.2 Å². The lowest BCUT2D eigenvalue weighted by molar-refractivity contribution is -0.117. The van der Waals surface area contributed by atoms with Crippen LogP contribution in [0.4, 0.5) is 5.69 Å². The van der Waals surface area contributed by atoms with Gasteiger partial charge in [0.25, 0.3) is 5.91 Å². The highest BCUT2D eigenvalue weighted by Crippen LogP contribution is 2.22. The fourth-order valence-corrected chi connectivity index (χ4v) is 2.61. The van der Waals surface area contributed by atoms with E-state index < -0.39 is 6.04 Å². The number of anilines is 1. The van der Waals surface area contributed by atoms with Gasteiger partial charge in [0.1, 0.15) is 6.04 Å². The van der Waals surface area contributed by atoms with Crippen LogP contribution in [0.3, 0.4) is 0 Å². The van der Waals surface area contributed by atoms with Gasteiger partial charge in [-0.15, -0.1) is 11.3 Å². The van der Waals surface area contributed by atoms with E-state index in [0.29, 0.717) is 15.6 Å². The third kappa shape index (κ3) is 4.06. The van der Waals surface area contributed by atoms with E-state index in [2.05, 4.69) is 10.6 Å². The van der Waals surface area contributed by atoms with Crippen LogP contribution >= 0.6 is 22.9 Å². The summed E-state index contributed by atoms with van der Waals surface area (Å²) >= 11 is 7.39. The van der Waals surface area contributed by atoms with Crippen molar-refractivity contribution in [3.8, 4) is 0 Å². The minimum Gasteiger partial charge on any atom is -0.340 e. The Hall–Kier alpha value is -1.85. The zero-order valence-electron chi connectivity index (χ0n) is 11.6. The molecule has 0 radical (unpaired) electrons. The molecule has 0 aliphatic carbocycles. The number of carbonyl (C=O) groups excluding carboxylic acids is 2. The molecule has 2 rings (SSSR count). The zero-order valence-corrected chi connectivity index (χ0v) is 13.2.